The van der Waals surface area contributed by atoms with E-state index in [4.69, 9.17) is 0 Å². The van der Waals surface area contributed by atoms with Gasteiger partial charge in [0.1, 0.15) is 0 Å². The first-order valence-electron chi connectivity index (χ1n) is 7.63. The molecule has 1 aromatic rings. The zero-order chi connectivity index (χ0) is 13.5. The van der Waals surface area contributed by atoms with Crippen LogP contribution < -0.4 is 5.32 Å². The minimum Gasteiger partial charge on any atom is -0.392 e. The number of rotatable bonds is 7. The number of nitrogens with zero attached hydrogens (tertiary/aromatic N) is 1. The van der Waals surface area contributed by atoms with Gasteiger partial charge in [-0.2, -0.15) is 0 Å². The van der Waals surface area contributed by atoms with E-state index in [9.17, 15) is 5.11 Å². The van der Waals surface area contributed by atoms with Gasteiger partial charge < -0.3 is 10.4 Å². The molecule has 1 fully saturated rings. The molecule has 2 rings (SSSR count). The number of aliphatic hydroxyl groups is 1. The molecular weight excluding hydrogens is 236 g/mol. The average molecular weight is 262 g/mol. The smallest absolute Gasteiger partial charge is 0.0692 e. The third kappa shape index (κ3) is 4.29. The van der Waals surface area contributed by atoms with Crippen molar-refractivity contribution in [1.29, 1.82) is 0 Å². The lowest BCUT2D eigenvalue weighted by molar-refractivity contribution is 0.105. The van der Waals surface area contributed by atoms with Crippen molar-refractivity contribution in [2.45, 2.75) is 57.6 Å². The van der Waals surface area contributed by atoms with Gasteiger partial charge in [-0.3, -0.25) is 4.98 Å². The molecular formula is C16H26N2O. The highest BCUT2D eigenvalue weighted by Crippen LogP contribution is 2.27. The van der Waals surface area contributed by atoms with Gasteiger partial charge in [0.2, 0.25) is 0 Å². The first kappa shape index (κ1) is 14.5. The van der Waals surface area contributed by atoms with Gasteiger partial charge in [0, 0.05) is 18.8 Å². The molecule has 2 unspecified atom stereocenters. The molecule has 106 valence electrons. The molecule has 2 N–H and O–H groups in total. The number of hydrogen-bond donors (Lipinski definition) is 2. The monoisotopic (exact) mass is 262 g/mol. The number of nitrogens with one attached hydrogen (secondary N) is 1. The summed E-state index contributed by atoms with van der Waals surface area (Å²) in [7, 11) is 0. The van der Waals surface area contributed by atoms with E-state index < -0.39 is 0 Å². The van der Waals surface area contributed by atoms with E-state index in [2.05, 4.69) is 23.3 Å². The first-order chi connectivity index (χ1) is 9.31. The third-order valence-electron chi connectivity index (χ3n) is 4.14. The van der Waals surface area contributed by atoms with E-state index >= 15 is 0 Å². The average Bonchev–Trinajstić information content (AvgIpc) is 2.98. The summed E-state index contributed by atoms with van der Waals surface area (Å²) in [5.74, 6) is 0.499. The van der Waals surface area contributed by atoms with Crippen LogP contribution >= 0.6 is 0 Å². The largest absolute Gasteiger partial charge is 0.392 e. The van der Waals surface area contributed by atoms with Crippen LogP contribution in [0.1, 0.15) is 57.2 Å². The molecule has 2 atom stereocenters. The van der Waals surface area contributed by atoms with Gasteiger partial charge in [-0.05, 0) is 37.3 Å². The Kier molecular flexibility index (Phi) is 5.80. The third-order valence-corrected chi connectivity index (χ3v) is 4.14. The molecule has 0 aliphatic heterocycles. The molecule has 0 spiro atoms. The Morgan fingerprint density at radius 2 is 2.16 bits per heavy atom. The number of pyridine rings is 1. The Morgan fingerprint density at radius 3 is 2.79 bits per heavy atom. The molecule has 0 amide bonds. The van der Waals surface area contributed by atoms with Gasteiger partial charge in [0.05, 0.1) is 11.8 Å². The molecule has 3 heteroatoms. The second-order valence-electron chi connectivity index (χ2n) is 5.62. The van der Waals surface area contributed by atoms with E-state index in [0.29, 0.717) is 12.5 Å². The van der Waals surface area contributed by atoms with Crippen molar-refractivity contribution in [1.82, 2.24) is 10.3 Å². The molecule has 1 heterocycles. The Balaban J connectivity index is 1.86. The Morgan fingerprint density at radius 1 is 1.37 bits per heavy atom. The van der Waals surface area contributed by atoms with Gasteiger partial charge in [-0.25, -0.2) is 0 Å². The summed E-state index contributed by atoms with van der Waals surface area (Å²) in [4.78, 5) is 4.43. The topological polar surface area (TPSA) is 45.1 Å². The van der Waals surface area contributed by atoms with E-state index in [1.807, 2.05) is 18.3 Å². The van der Waals surface area contributed by atoms with Gasteiger partial charge in [0.15, 0.2) is 0 Å². The van der Waals surface area contributed by atoms with Crippen molar-refractivity contribution >= 4 is 0 Å². The molecule has 0 aromatic carbocycles. The maximum Gasteiger partial charge on any atom is 0.0692 e. The zero-order valence-corrected chi connectivity index (χ0v) is 11.9. The van der Waals surface area contributed by atoms with Gasteiger partial charge in [-0.1, -0.05) is 32.3 Å². The van der Waals surface area contributed by atoms with Crippen LogP contribution in [0.2, 0.25) is 0 Å². The lowest BCUT2D eigenvalue weighted by Crippen LogP contribution is -2.34. The van der Waals surface area contributed by atoms with Crippen LogP contribution in [0.4, 0.5) is 0 Å². The van der Waals surface area contributed by atoms with Crippen LogP contribution in [0.3, 0.4) is 0 Å². The fourth-order valence-electron chi connectivity index (χ4n) is 3.00. The van der Waals surface area contributed by atoms with E-state index in [-0.39, 0.29) is 12.1 Å². The predicted octanol–water partition coefficient (Wildman–Crippen LogP) is 3.06. The standard InChI is InChI=1S/C16H26N2O/c1-2-7-14(15-10-5-6-11-17-15)18-12-16(19)13-8-3-4-9-13/h5-6,10-11,13-14,16,18-19H,2-4,7-9,12H2,1H3. The van der Waals surface area contributed by atoms with Crippen LogP contribution in [0.15, 0.2) is 24.4 Å². The molecule has 1 aromatic heterocycles. The lowest BCUT2D eigenvalue weighted by Gasteiger charge is -2.23. The SMILES string of the molecule is CCCC(NCC(O)C1CCCC1)c1ccccn1. The summed E-state index contributed by atoms with van der Waals surface area (Å²) < 4.78 is 0. The van der Waals surface area contributed by atoms with Crippen LogP contribution in [0.5, 0.6) is 0 Å². The lowest BCUT2D eigenvalue weighted by atomic mass is 10.00. The fraction of sp³-hybridized carbons (Fsp3) is 0.688. The zero-order valence-electron chi connectivity index (χ0n) is 11.9. The van der Waals surface area contributed by atoms with Gasteiger partial charge in [0.25, 0.3) is 0 Å². The van der Waals surface area contributed by atoms with Crippen molar-refractivity contribution in [3.8, 4) is 0 Å². The second-order valence-corrected chi connectivity index (χ2v) is 5.62. The van der Waals surface area contributed by atoms with Crippen LogP contribution in [-0.2, 0) is 0 Å². The van der Waals surface area contributed by atoms with Crippen molar-refractivity contribution < 1.29 is 5.11 Å². The van der Waals surface area contributed by atoms with Gasteiger partial charge >= 0.3 is 0 Å². The highest BCUT2D eigenvalue weighted by Gasteiger charge is 2.23. The van der Waals surface area contributed by atoms with Crippen molar-refractivity contribution in [3.05, 3.63) is 30.1 Å². The molecule has 0 saturated heterocycles. The number of aliphatic hydroxyl groups excluding tert-OH is 1. The molecule has 1 aliphatic carbocycles. The highest BCUT2D eigenvalue weighted by atomic mass is 16.3. The van der Waals surface area contributed by atoms with E-state index in [1.165, 1.54) is 25.7 Å². The summed E-state index contributed by atoms with van der Waals surface area (Å²) in [6, 6.07) is 6.30. The summed E-state index contributed by atoms with van der Waals surface area (Å²) in [6.45, 7) is 2.87. The first-order valence-corrected chi connectivity index (χ1v) is 7.63. The fourth-order valence-corrected chi connectivity index (χ4v) is 3.00. The van der Waals surface area contributed by atoms with Crippen molar-refractivity contribution in [2.24, 2.45) is 5.92 Å². The minimum atomic E-state index is -0.203. The molecule has 1 saturated carbocycles. The Labute approximate surface area is 116 Å². The maximum absolute atomic E-state index is 10.2. The van der Waals surface area contributed by atoms with Crippen LogP contribution in [0.25, 0.3) is 0 Å². The van der Waals surface area contributed by atoms with Crippen LogP contribution in [0, 0.1) is 5.92 Å². The van der Waals surface area contributed by atoms with Crippen molar-refractivity contribution in [3.63, 3.8) is 0 Å². The molecule has 3 nitrogen and oxygen atoms in total. The second kappa shape index (κ2) is 7.61. The maximum atomic E-state index is 10.2. The summed E-state index contributed by atoms with van der Waals surface area (Å²) in [6.07, 6.45) is 8.75. The minimum absolute atomic E-state index is 0.203. The summed E-state index contributed by atoms with van der Waals surface area (Å²) in [5, 5.41) is 13.7. The number of hydrogen-bond acceptors (Lipinski definition) is 3. The molecule has 1 aliphatic rings. The predicted molar refractivity (Wildman–Crippen MR) is 77.9 cm³/mol. The molecule has 19 heavy (non-hydrogen) atoms. The van der Waals surface area contributed by atoms with Crippen molar-refractivity contribution in [2.75, 3.05) is 6.54 Å². The quantitative estimate of drug-likeness (QED) is 0.794. The highest BCUT2D eigenvalue weighted by molar-refractivity contribution is 5.08. The summed E-state index contributed by atoms with van der Waals surface area (Å²) >= 11 is 0. The van der Waals surface area contributed by atoms with Gasteiger partial charge in [-0.15, -0.1) is 0 Å². The number of aromatic nitrogens is 1. The van der Waals surface area contributed by atoms with E-state index in [0.717, 1.165) is 18.5 Å². The Bertz CT molecular complexity index is 349. The molecule has 0 radical (unpaired) electrons. The van der Waals surface area contributed by atoms with E-state index in [1.54, 1.807) is 0 Å². The molecule has 0 bridgehead atoms. The van der Waals surface area contributed by atoms with Crippen LogP contribution in [-0.4, -0.2) is 22.7 Å². The summed E-state index contributed by atoms with van der Waals surface area (Å²) in [5.41, 5.74) is 1.09. The Hall–Kier alpha value is -0.930. The normalized spacial score (nSPS) is 19.5.